The first-order valence-electron chi connectivity index (χ1n) is 13.1. The number of hydrogen-bond donors (Lipinski definition) is 0. The fourth-order valence-electron chi connectivity index (χ4n) is 5.18. The first kappa shape index (κ1) is 28.1. The smallest absolute Gasteiger partial charge is 0.270 e. The Morgan fingerprint density at radius 1 is 1.21 bits per heavy atom. The molecule has 1 aromatic heterocycles. The van der Waals surface area contributed by atoms with Crippen molar-refractivity contribution >= 4 is 46.1 Å². The molecule has 2 aliphatic rings. The number of nitriles is 1. The minimum absolute atomic E-state index is 0.0257. The highest BCUT2D eigenvalue weighted by atomic mass is 32.2. The molecule has 0 spiro atoms. The Bertz CT molecular complexity index is 1350. The van der Waals surface area contributed by atoms with Crippen molar-refractivity contribution < 1.29 is 9.53 Å². The number of thiocarbonyl (C=S) groups is 1. The second-order valence-corrected chi connectivity index (χ2v) is 11.6. The predicted molar refractivity (Wildman–Crippen MR) is 157 cm³/mol. The Balaban J connectivity index is 1.87. The van der Waals surface area contributed by atoms with E-state index < -0.39 is 0 Å². The first-order chi connectivity index (χ1) is 18.2. The number of carbonyl (C=O) groups is 1. The van der Waals surface area contributed by atoms with Crippen molar-refractivity contribution in [3.63, 3.8) is 0 Å². The number of rotatable bonds is 7. The van der Waals surface area contributed by atoms with Crippen molar-refractivity contribution in [2.24, 2.45) is 0 Å². The van der Waals surface area contributed by atoms with Gasteiger partial charge in [0.1, 0.15) is 21.8 Å². The lowest BCUT2D eigenvalue weighted by Crippen LogP contribution is -2.48. The lowest BCUT2D eigenvalue weighted by Gasteiger charge is -2.39. The van der Waals surface area contributed by atoms with Crippen LogP contribution in [0.5, 0.6) is 0 Å². The van der Waals surface area contributed by atoms with E-state index in [1.165, 1.54) is 11.8 Å². The number of aromatic nitrogens is 1. The maximum absolute atomic E-state index is 13.7. The summed E-state index contributed by atoms with van der Waals surface area (Å²) in [6.45, 7) is 11.6. The summed E-state index contributed by atoms with van der Waals surface area (Å²) < 4.78 is 8.18. The Kier molecular flexibility index (Phi) is 8.76. The number of nitrogens with zero attached hydrogens (tertiary/aromatic N) is 4. The summed E-state index contributed by atoms with van der Waals surface area (Å²) in [4.78, 5) is 31.5. The maximum Gasteiger partial charge on any atom is 0.270 e. The molecule has 3 unspecified atom stereocenters. The minimum Gasteiger partial charge on any atom is -0.372 e. The highest BCUT2D eigenvalue weighted by Crippen LogP contribution is 2.40. The third-order valence-corrected chi connectivity index (χ3v) is 8.40. The Hall–Kier alpha value is -2.93. The number of carbonyl (C=O) groups excluding carboxylic acids is 1. The lowest BCUT2D eigenvalue weighted by atomic mass is 10.0. The van der Waals surface area contributed by atoms with Crippen molar-refractivity contribution in [3.05, 3.63) is 67.8 Å². The van der Waals surface area contributed by atoms with Gasteiger partial charge in [-0.05, 0) is 51.3 Å². The quantitative estimate of drug-likeness (QED) is 0.337. The van der Waals surface area contributed by atoms with Crippen molar-refractivity contribution in [1.82, 2.24) is 9.47 Å². The van der Waals surface area contributed by atoms with Crippen molar-refractivity contribution in [2.75, 3.05) is 18.0 Å². The zero-order chi connectivity index (χ0) is 27.6. The van der Waals surface area contributed by atoms with Crippen molar-refractivity contribution in [1.29, 1.82) is 5.26 Å². The predicted octanol–water partition coefficient (Wildman–Crippen LogP) is 5.40. The molecule has 3 heterocycles. The average Bonchev–Trinajstić information content (AvgIpc) is 3.16. The summed E-state index contributed by atoms with van der Waals surface area (Å²) in [5.74, 6) is 0.568. The molecule has 2 fully saturated rings. The van der Waals surface area contributed by atoms with E-state index in [-0.39, 0.29) is 35.3 Å². The standard InChI is InChI=1S/C29H34N4O3S2/c1-6-7-13-32-26(31-16-18(2)36-19(3)17-31)23(20(4)24(15-30)27(32)34)14-25-28(35)33(29(37)38-25)21(5)22-11-9-8-10-12-22/h8-12,14,18-19,21H,6-7,13,16-17H2,1-5H3/b25-14+. The molecule has 2 aliphatic heterocycles. The maximum atomic E-state index is 13.7. The zero-order valence-electron chi connectivity index (χ0n) is 22.6. The second kappa shape index (κ2) is 11.9. The summed E-state index contributed by atoms with van der Waals surface area (Å²) in [6, 6.07) is 11.7. The van der Waals surface area contributed by atoms with Crippen LogP contribution >= 0.6 is 24.0 Å². The van der Waals surface area contributed by atoms with E-state index in [2.05, 4.69) is 17.9 Å². The summed E-state index contributed by atoms with van der Waals surface area (Å²) in [7, 11) is 0. The molecule has 0 N–H and O–H groups in total. The molecule has 0 radical (unpaired) electrons. The molecule has 0 bridgehead atoms. The van der Waals surface area contributed by atoms with E-state index in [4.69, 9.17) is 17.0 Å². The van der Waals surface area contributed by atoms with Crippen LogP contribution in [0.15, 0.2) is 40.0 Å². The molecular formula is C29H34N4O3S2. The van der Waals surface area contributed by atoms with Crippen LogP contribution in [0.2, 0.25) is 0 Å². The number of ether oxygens (including phenoxy) is 1. The highest BCUT2D eigenvalue weighted by Gasteiger charge is 2.37. The van der Waals surface area contributed by atoms with Crippen LogP contribution in [0.25, 0.3) is 6.08 Å². The van der Waals surface area contributed by atoms with Crippen LogP contribution in [0.4, 0.5) is 5.82 Å². The van der Waals surface area contributed by atoms with E-state index >= 15 is 0 Å². The molecule has 200 valence electrons. The Labute approximate surface area is 234 Å². The molecule has 1 aromatic carbocycles. The van der Waals surface area contributed by atoms with E-state index in [0.717, 1.165) is 24.2 Å². The number of benzene rings is 1. The first-order valence-corrected chi connectivity index (χ1v) is 14.3. The summed E-state index contributed by atoms with van der Waals surface area (Å²) in [6.07, 6.45) is 3.48. The van der Waals surface area contributed by atoms with Gasteiger partial charge in [0.2, 0.25) is 0 Å². The topological polar surface area (TPSA) is 78.6 Å². The Morgan fingerprint density at radius 3 is 2.47 bits per heavy atom. The van der Waals surface area contributed by atoms with Gasteiger partial charge in [-0.2, -0.15) is 5.26 Å². The lowest BCUT2D eigenvalue weighted by molar-refractivity contribution is -0.123. The van der Waals surface area contributed by atoms with E-state index in [0.29, 0.717) is 40.0 Å². The summed E-state index contributed by atoms with van der Waals surface area (Å²) in [5, 5.41) is 9.94. The molecule has 7 nitrogen and oxygen atoms in total. The fourth-order valence-corrected chi connectivity index (χ4v) is 6.59. The molecule has 2 saturated heterocycles. The number of pyridine rings is 1. The number of anilines is 1. The molecule has 2 aromatic rings. The number of amides is 1. The van der Waals surface area contributed by atoms with E-state index in [1.54, 1.807) is 16.4 Å². The Morgan fingerprint density at radius 2 is 1.87 bits per heavy atom. The SMILES string of the molecule is CCCCn1c(N2CC(C)OC(C)C2)c(/C=C2/SC(=S)N(C(C)c3ccccc3)C2=O)c(C)c(C#N)c1=O. The van der Waals surface area contributed by atoms with Gasteiger partial charge in [-0.1, -0.05) is 67.7 Å². The van der Waals surface area contributed by atoms with Gasteiger partial charge in [0.25, 0.3) is 11.5 Å². The largest absolute Gasteiger partial charge is 0.372 e. The summed E-state index contributed by atoms with van der Waals surface area (Å²) >= 11 is 6.92. The van der Waals surface area contributed by atoms with Crippen molar-refractivity contribution in [3.8, 4) is 6.07 Å². The van der Waals surface area contributed by atoms with Gasteiger partial charge in [-0.25, -0.2) is 0 Å². The third-order valence-electron chi connectivity index (χ3n) is 7.07. The molecule has 3 atom stereocenters. The van der Waals surface area contributed by atoms with Crippen LogP contribution in [0.3, 0.4) is 0 Å². The van der Waals surface area contributed by atoms with Gasteiger partial charge >= 0.3 is 0 Å². The van der Waals surface area contributed by atoms with Crippen LogP contribution in [-0.4, -0.2) is 45.0 Å². The molecular weight excluding hydrogens is 516 g/mol. The van der Waals surface area contributed by atoms with Crippen LogP contribution in [0, 0.1) is 18.3 Å². The highest BCUT2D eigenvalue weighted by molar-refractivity contribution is 8.26. The van der Waals surface area contributed by atoms with Gasteiger partial charge in [0.05, 0.1) is 23.2 Å². The minimum atomic E-state index is -0.289. The number of hydrogen-bond acceptors (Lipinski definition) is 7. The zero-order valence-corrected chi connectivity index (χ0v) is 24.2. The van der Waals surface area contributed by atoms with Gasteiger partial charge in [-0.15, -0.1) is 0 Å². The van der Waals surface area contributed by atoms with Crippen LogP contribution in [0.1, 0.15) is 68.8 Å². The number of morpholine rings is 1. The second-order valence-electron chi connectivity index (χ2n) is 9.96. The van der Waals surface area contributed by atoms with Gasteiger partial charge < -0.3 is 9.64 Å². The normalized spacial score (nSPS) is 21.7. The fraction of sp³-hybridized carbons (Fsp3) is 0.448. The molecule has 1 amide bonds. The molecule has 0 aliphatic carbocycles. The van der Waals surface area contributed by atoms with Gasteiger partial charge in [0, 0.05) is 25.2 Å². The van der Waals surface area contributed by atoms with Gasteiger partial charge in [0.15, 0.2) is 0 Å². The van der Waals surface area contributed by atoms with Gasteiger partial charge in [-0.3, -0.25) is 19.1 Å². The van der Waals surface area contributed by atoms with E-state index in [9.17, 15) is 14.9 Å². The monoisotopic (exact) mass is 550 g/mol. The number of unbranched alkanes of at least 4 members (excludes halogenated alkanes) is 1. The third kappa shape index (κ3) is 5.44. The van der Waals surface area contributed by atoms with Crippen LogP contribution in [-0.2, 0) is 16.1 Å². The molecule has 38 heavy (non-hydrogen) atoms. The number of thioether (sulfide) groups is 1. The van der Waals surface area contributed by atoms with E-state index in [1.807, 2.05) is 57.2 Å². The summed E-state index contributed by atoms with van der Waals surface area (Å²) in [5.41, 5.74) is 2.11. The molecule has 9 heteroatoms. The molecule has 4 rings (SSSR count). The average molecular weight is 551 g/mol. The van der Waals surface area contributed by atoms with Crippen molar-refractivity contribution in [2.45, 2.75) is 72.3 Å². The van der Waals surface area contributed by atoms with Crippen LogP contribution < -0.4 is 10.5 Å². The molecule has 0 saturated carbocycles.